The van der Waals surface area contributed by atoms with Gasteiger partial charge in [0, 0.05) is 5.33 Å². The average molecular weight is 307 g/mol. The molecule has 0 radical (unpaired) electrons. The number of halogens is 1. The second-order valence-corrected chi connectivity index (χ2v) is 4.48. The molecule has 0 bridgehead atoms. The molecule has 18 heavy (non-hydrogen) atoms. The van der Waals surface area contributed by atoms with E-state index >= 15 is 0 Å². The average Bonchev–Trinajstić information content (AvgIpc) is 2.45. The molecule has 0 fully saturated rings. The van der Waals surface area contributed by atoms with Crippen LogP contribution in [0, 0.1) is 0 Å². The van der Waals surface area contributed by atoms with Crippen molar-refractivity contribution in [2.45, 2.75) is 11.9 Å². The van der Waals surface area contributed by atoms with Crippen molar-refractivity contribution in [3.05, 3.63) is 59.7 Å². The minimum absolute atomic E-state index is 0.451. The first-order chi connectivity index (χ1) is 8.85. The number of hydrogen-bond donors (Lipinski definition) is 0. The lowest BCUT2D eigenvalue weighted by molar-refractivity contribution is -0.282. The van der Waals surface area contributed by atoms with E-state index in [9.17, 15) is 0 Å². The molecule has 0 heterocycles. The van der Waals surface area contributed by atoms with Crippen LogP contribution < -0.4 is 0 Å². The summed E-state index contributed by atoms with van der Waals surface area (Å²) in [5.41, 5.74) is 4.75. The van der Waals surface area contributed by atoms with Crippen molar-refractivity contribution >= 4 is 15.9 Å². The standard InChI is InChI=1S/C15H15BrO2/c1-17-18-11-14-4-2-3-5-15(14)13-8-6-12(10-16)7-9-13/h2-9H,10-11H2,1H3. The third-order valence-corrected chi connectivity index (χ3v) is 3.42. The molecule has 94 valence electrons. The lowest BCUT2D eigenvalue weighted by Gasteiger charge is -2.09. The monoisotopic (exact) mass is 306 g/mol. The third-order valence-electron chi connectivity index (χ3n) is 2.77. The van der Waals surface area contributed by atoms with Gasteiger partial charge in [-0.15, -0.1) is 0 Å². The summed E-state index contributed by atoms with van der Waals surface area (Å²) in [6, 6.07) is 16.7. The first-order valence-corrected chi connectivity index (χ1v) is 6.86. The number of hydrogen-bond acceptors (Lipinski definition) is 2. The van der Waals surface area contributed by atoms with Gasteiger partial charge in [-0.3, -0.25) is 0 Å². The highest BCUT2D eigenvalue weighted by Crippen LogP contribution is 2.25. The van der Waals surface area contributed by atoms with Crippen LogP contribution in [-0.4, -0.2) is 7.11 Å². The molecule has 0 spiro atoms. The van der Waals surface area contributed by atoms with Crippen molar-refractivity contribution in [3.63, 3.8) is 0 Å². The topological polar surface area (TPSA) is 18.5 Å². The van der Waals surface area contributed by atoms with Crippen LogP contribution in [0.4, 0.5) is 0 Å². The van der Waals surface area contributed by atoms with Gasteiger partial charge in [-0.25, -0.2) is 9.78 Å². The summed E-state index contributed by atoms with van der Waals surface area (Å²) in [6.07, 6.45) is 0. The third kappa shape index (κ3) is 3.19. The molecule has 0 aliphatic heterocycles. The van der Waals surface area contributed by atoms with Crippen LogP contribution in [0.5, 0.6) is 0 Å². The van der Waals surface area contributed by atoms with Gasteiger partial charge in [0.25, 0.3) is 0 Å². The lowest BCUT2D eigenvalue weighted by Crippen LogP contribution is -1.94. The molecular formula is C15H15BrO2. The highest BCUT2D eigenvalue weighted by Gasteiger charge is 2.04. The van der Waals surface area contributed by atoms with E-state index in [4.69, 9.17) is 4.89 Å². The molecule has 0 N–H and O–H groups in total. The zero-order valence-electron chi connectivity index (χ0n) is 10.2. The molecular weight excluding hydrogens is 292 g/mol. The Morgan fingerprint density at radius 3 is 2.39 bits per heavy atom. The largest absolute Gasteiger partial charge is 0.240 e. The normalized spacial score (nSPS) is 10.6. The molecule has 0 saturated heterocycles. The minimum Gasteiger partial charge on any atom is -0.240 e. The van der Waals surface area contributed by atoms with Gasteiger partial charge < -0.3 is 0 Å². The summed E-state index contributed by atoms with van der Waals surface area (Å²) < 4.78 is 0. The summed E-state index contributed by atoms with van der Waals surface area (Å²) >= 11 is 3.45. The van der Waals surface area contributed by atoms with Gasteiger partial charge in [-0.05, 0) is 22.3 Å². The van der Waals surface area contributed by atoms with Gasteiger partial charge in [0.15, 0.2) is 0 Å². The molecule has 0 aliphatic carbocycles. The molecule has 0 aliphatic rings. The molecule has 2 nitrogen and oxygen atoms in total. The first kappa shape index (κ1) is 13.3. The molecule has 2 aromatic carbocycles. The van der Waals surface area contributed by atoms with Crippen molar-refractivity contribution in [1.29, 1.82) is 0 Å². The van der Waals surface area contributed by atoms with Gasteiger partial charge in [0.1, 0.15) is 6.61 Å². The first-order valence-electron chi connectivity index (χ1n) is 5.74. The maximum Gasteiger partial charge on any atom is 0.108 e. The van der Waals surface area contributed by atoms with Crippen LogP contribution >= 0.6 is 15.9 Å². The Morgan fingerprint density at radius 2 is 1.72 bits per heavy atom. The Balaban J connectivity index is 2.30. The van der Waals surface area contributed by atoms with Crippen molar-refractivity contribution in [2.75, 3.05) is 7.11 Å². The van der Waals surface area contributed by atoms with E-state index in [1.807, 2.05) is 18.2 Å². The van der Waals surface area contributed by atoms with Crippen LogP contribution in [0.1, 0.15) is 11.1 Å². The van der Waals surface area contributed by atoms with E-state index < -0.39 is 0 Å². The van der Waals surface area contributed by atoms with Crippen molar-refractivity contribution in [3.8, 4) is 11.1 Å². The van der Waals surface area contributed by atoms with Crippen molar-refractivity contribution in [2.24, 2.45) is 0 Å². The highest BCUT2D eigenvalue weighted by molar-refractivity contribution is 9.08. The summed E-state index contributed by atoms with van der Waals surface area (Å²) in [6.45, 7) is 0.451. The molecule has 0 atom stereocenters. The molecule has 0 saturated carbocycles. The van der Waals surface area contributed by atoms with E-state index in [-0.39, 0.29) is 0 Å². The number of rotatable bonds is 5. The maximum absolute atomic E-state index is 5.02. The van der Waals surface area contributed by atoms with Gasteiger partial charge in [-0.1, -0.05) is 64.5 Å². The zero-order valence-corrected chi connectivity index (χ0v) is 11.8. The molecule has 0 amide bonds. The highest BCUT2D eigenvalue weighted by atomic mass is 79.9. The Labute approximate surface area is 116 Å². The Hall–Kier alpha value is -1.16. The fraction of sp³-hybridized carbons (Fsp3) is 0.200. The van der Waals surface area contributed by atoms with Gasteiger partial charge in [0.05, 0.1) is 7.11 Å². The van der Waals surface area contributed by atoms with Crippen LogP contribution in [0.2, 0.25) is 0 Å². The predicted octanol–water partition coefficient (Wildman–Crippen LogP) is 4.33. The van der Waals surface area contributed by atoms with Crippen molar-refractivity contribution < 1.29 is 9.78 Å². The van der Waals surface area contributed by atoms with E-state index in [2.05, 4.69) is 51.1 Å². The van der Waals surface area contributed by atoms with E-state index in [0.717, 1.165) is 10.9 Å². The molecule has 0 unspecified atom stereocenters. The fourth-order valence-corrected chi connectivity index (χ4v) is 2.20. The van der Waals surface area contributed by atoms with Crippen molar-refractivity contribution in [1.82, 2.24) is 0 Å². The van der Waals surface area contributed by atoms with E-state index in [1.165, 1.54) is 23.8 Å². The van der Waals surface area contributed by atoms with Gasteiger partial charge >= 0.3 is 0 Å². The predicted molar refractivity (Wildman–Crippen MR) is 76.3 cm³/mol. The van der Waals surface area contributed by atoms with Crippen LogP contribution in [0.25, 0.3) is 11.1 Å². The molecule has 3 heteroatoms. The second-order valence-electron chi connectivity index (χ2n) is 3.92. The quantitative estimate of drug-likeness (QED) is 0.465. The lowest BCUT2D eigenvalue weighted by atomic mass is 9.99. The van der Waals surface area contributed by atoms with Crippen LogP contribution in [0.15, 0.2) is 48.5 Å². The summed E-state index contributed by atoms with van der Waals surface area (Å²) in [5, 5.41) is 0.877. The molecule has 0 aromatic heterocycles. The summed E-state index contributed by atoms with van der Waals surface area (Å²) in [5.74, 6) is 0. The second kappa shape index (κ2) is 6.69. The van der Waals surface area contributed by atoms with Gasteiger partial charge in [-0.2, -0.15) is 0 Å². The van der Waals surface area contributed by atoms with Crippen LogP contribution in [0.3, 0.4) is 0 Å². The Kier molecular flexibility index (Phi) is 4.93. The smallest absolute Gasteiger partial charge is 0.108 e. The summed E-state index contributed by atoms with van der Waals surface area (Å²) in [7, 11) is 1.52. The van der Waals surface area contributed by atoms with E-state index in [0.29, 0.717) is 6.61 Å². The fourth-order valence-electron chi connectivity index (χ4n) is 1.82. The Bertz CT molecular complexity index is 494. The zero-order chi connectivity index (χ0) is 12.8. The number of alkyl halides is 1. The summed E-state index contributed by atoms with van der Waals surface area (Å²) in [4.78, 5) is 9.69. The maximum atomic E-state index is 5.02. The van der Waals surface area contributed by atoms with E-state index in [1.54, 1.807) is 0 Å². The Morgan fingerprint density at radius 1 is 1.00 bits per heavy atom. The molecule has 2 rings (SSSR count). The SMILES string of the molecule is COOCc1ccccc1-c1ccc(CBr)cc1. The van der Waals surface area contributed by atoms with Crippen LogP contribution in [-0.2, 0) is 21.7 Å². The number of benzene rings is 2. The minimum atomic E-state index is 0.451. The van der Waals surface area contributed by atoms with Gasteiger partial charge in [0.2, 0.25) is 0 Å². The molecule has 2 aromatic rings.